The Morgan fingerprint density at radius 1 is 0.479 bits per heavy atom. The van der Waals surface area contributed by atoms with E-state index in [-0.39, 0.29) is 13.2 Å². The van der Waals surface area contributed by atoms with E-state index in [9.17, 15) is 19.2 Å². The highest BCUT2D eigenvalue weighted by atomic mass is 79.9. The summed E-state index contributed by atoms with van der Waals surface area (Å²) >= 11 is 8.56. The Labute approximate surface area is 444 Å². The van der Waals surface area contributed by atoms with Gasteiger partial charge in [-0.15, -0.1) is 0 Å². The standard InChI is InChI=1S/C12H11NO3.C10H10BrN.C10H6ClNO2.C10H11NO.C8H7N.5C2H6/c1-2-16-12(15)11(14)9-7-13-10-6-4-3-5-8(9)10;11-6-5-8-7-12-10-4-2-1-3-9(8)10;11-10(14)9(13)7-5-12-8-4-2-1-3-6(7)8;12-6-5-8-7-11-10-4-2-1-3-9(8)10;1-2-4-8-7(3-1)5-6-9-8;5*1-2/h3-7,13H,2H2,1H3;1-4,7,12H,5-6H2;1-5,12H;1-4,7,11-12H,5-6H2;1-6,9H;5*1-2H3. The van der Waals surface area contributed by atoms with Gasteiger partial charge in [-0.1, -0.05) is 176 Å². The highest BCUT2D eigenvalue weighted by molar-refractivity contribution is 9.09. The van der Waals surface area contributed by atoms with Gasteiger partial charge in [0.1, 0.15) is 0 Å². The number of rotatable bonds is 9. The van der Waals surface area contributed by atoms with Gasteiger partial charge in [0.15, 0.2) is 0 Å². The number of aromatic amines is 5. The van der Waals surface area contributed by atoms with E-state index < -0.39 is 22.8 Å². The Balaban J connectivity index is 0.000000440. The van der Waals surface area contributed by atoms with Crippen molar-refractivity contribution in [2.75, 3.05) is 18.5 Å². The minimum Gasteiger partial charge on any atom is -0.460 e. The Morgan fingerprint density at radius 2 is 0.849 bits per heavy atom. The van der Waals surface area contributed by atoms with E-state index in [0.717, 1.165) is 40.1 Å². The number of benzene rings is 5. The van der Waals surface area contributed by atoms with Gasteiger partial charge in [0.05, 0.1) is 17.7 Å². The molecule has 73 heavy (non-hydrogen) atoms. The number of Topliss-reactive ketones (excluding diaryl/α,β-unsaturated/α-hetero) is 2. The van der Waals surface area contributed by atoms with Crippen LogP contribution in [-0.4, -0.2) is 71.3 Å². The number of para-hydroxylation sites is 5. The summed E-state index contributed by atoms with van der Waals surface area (Å²) in [5.74, 6) is -2.10. The van der Waals surface area contributed by atoms with Gasteiger partial charge in [0.2, 0.25) is 5.78 Å². The Bertz CT molecular complexity index is 2980. The summed E-state index contributed by atoms with van der Waals surface area (Å²) in [7, 11) is 0. The summed E-state index contributed by atoms with van der Waals surface area (Å²) in [4.78, 5) is 60.4. The molecule has 0 fully saturated rings. The van der Waals surface area contributed by atoms with E-state index in [1.165, 1.54) is 50.7 Å². The number of H-pyrrole nitrogens is 5. The number of hydrogen-bond donors (Lipinski definition) is 6. The monoisotopic (exact) mass is 1080 g/mol. The number of carbonyl (C=O) groups excluding carboxylic acids is 4. The maximum atomic E-state index is 11.7. The Morgan fingerprint density at radius 3 is 1.26 bits per heavy atom. The van der Waals surface area contributed by atoms with Crippen LogP contribution in [0, 0.1) is 0 Å². The summed E-state index contributed by atoms with van der Waals surface area (Å²) in [6.07, 6.45) is 10.8. The number of carbonyl (C=O) groups is 4. The number of ether oxygens (including phenoxy) is 1. The topological polar surface area (TPSA) is 177 Å². The van der Waals surface area contributed by atoms with Gasteiger partial charge in [-0.05, 0) is 84.3 Å². The third-order valence-corrected chi connectivity index (χ3v) is 10.4. The van der Waals surface area contributed by atoms with Crippen molar-refractivity contribution in [3.63, 3.8) is 0 Å². The third kappa shape index (κ3) is 19.5. The van der Waals surface area contributed by atoms with Crippen molar-refractivity contribution in [3.8, 4) is 0 Å². The summed E-state index contributed by atoms with van der Waals surface area (Å²) in [6.45, 7) is 22.1. The van der Waals surface area contributed by atoms with E-state index in [1.807, 2.05) is 142 Å². The molecule has 0 aliphatic heterocycles. The van der Waals surface area contributed by atoms with E-state index in [1.54, 1.807) is 25.1 Å². The van der Waals surface area contributed by atoms with Crippen LogP contribution in [0.15, 0.2) is 158 Å². The summed E-state index contributed by atoms with van der Waals surface area (Å²) < 4.78 is 4.67. The second-order valence-corrected chi connectivity index (χ2v) is 15.0. The average Bonchev–Trinajstić information content (AvgIpc) is 4.33. The van der Waals surface area contributed by atoms with Crippen molar-refractivity contribution in [3.05, 3.63) is 181 Å². The predicted octanol–water partition coefficient (Wildman–Crippen LogP) is 16.1. The normalized spacial score (nSPS) is 9.45. The zero-order valence-electron chi connectivity index (χ0n) is 44.3. The zero-order chi connectivity index (χ0) is 54.6. The number of ketones is 2. The van der Waals surface area contributed by atoms with Gasteiger partial charge in [-0.25, -0.2) is 4.79 Å². The Kier molecular flexibility index (Phi) is 33.1. The quantitative estimate of drug-likeness (QED) is 0.0276. The van der Waals surface area contributed by atoms with Crippen LogP contribution in [0.5, 0.6) is 0 Å². The van der Waals surface area contributed by atoms with Crippen molar-refractivity contribution in [1.29, 1.82) is 0 Å². The summed E-state index contributed by atoms with van der Waals surface area (Å²) in [5.41, 5.74) is 8.47. The number of hydrogen-bond acceptors (Lipinski definition) is 6. The molecule has 5 aromatic carbocycles. The first kappa shape index (κ1) is 64.0. The van der Waals surface area contributed by atoms with Crippen molar-refractivity contribution >= 4 is 105 Å². The number of alkyl halides is 1. The largest absolute Gasteiger partial charge is 0.460 e. The first-order valence-electron chi connectivity index (χ1n) is 25.1. The van der Waals surface area contributed by atoms with Gasteiger partial charge in [-0.2, -0.15) is 0 Å². The lowest BCUT2D eigenvalue weighted by Crippen LogP contribution is -2.17. The molecule has 0 saturated carbocycles. The molecule has 0 aliphatic rings. The van der Waals surface area contributed by atoms with Crippen molar-refractivity contribution in [2.24, 2.45) is 0 Å². The number of halogens is 2. The molecule has 10 aromatic rings. The first-order chi connectivity index (χ1) is 35.7. The number of aliphatic hydroxyl groups is 1. The van der Waals surface area contributed by atoms with Crippen molar-refractivity contribution in [2.45, 2.75) is 89.0 Å². The molecule has 0 aliphatic carbocycles. The highest BCUT2D eigenvalue weighted by Crippen LogP contribution is 2.21. The number of esters is 1. The molecule has 0 saturated heterocycles. The molecule has 0 spiro atoms. The Hall–Kier alpha value is -6.99. The highest BCUT2D eigenvalue weighted by Gasteiger charge is 2.21. The molecule has 0 bridgehead atoms. The van der Waals surface area contributed by atoms with Gasteiger partial charge < -0.3 is 34.8 Å². The summed E-state index contributed by atoms with van der Waals surface area (Å²) in [5, 5.41) is 14.1. The maximum absolute atomic E-state index is 11.7. The predicted molar refractivity (Wildman–Crippen MR) is 313 cm³/mol. The molecule has 0 atom stereocenters. The molecule has 6 N–H and O–H groups in total. The molecule has 5 heterocycles. The maximum Gasteiger partial charge on any atom is 0.379 e. The molecule has 13 heteroatoms. The summed E-state index contributed by atoms with van der Waals surface area (Å²) in [6, 6.07) is 41.3. The van der Waals surface area contributed by atoms with E-state index >= 15 is 0 Å². The number of aromatic nitrogens is 5. The van der Waals surface area contributed by atoms with Crippen LogP contribution in [0.4, 0.5) is 0 Å². The first-order valence-corrected chi connectivity index (χ1v) is 26.6. The number of aliphatic hydroxyl groups excluding tert-OH is 1. The van der Waals surface area contributed by atoms with Gasteiger partial charge in [0, 0.05) is 92.0 Å². The zero-order valence-corrected chi connectivity index (χ0v) is 46.6. The molecular weight excluding hydrogens is 1000 g/mol. The smallest absolute Gasteiger partial charge is 0.379 e. The molecule has 11 nitrogen and oxygen atoms in total. The minimum atomic E-state index is -0.963. The number of nitrogens with one attached hydrogen (secondary N) is 5. The number of aryl methyl sites for hydroxylation is 1. The second kappa shape index (κ2) is 37.7. The van der Waals surface area contributed by atoms with E-state index in [0.29, 0.717) is 16.5 Å². The molecule has 390 valence electrons. The van der Waals surface area contributed by atoms with Crippen LogP contribution in [0.3, 0.4) is 0 Å². The van der Waals surface area contributed by atoms with Gasteiger partial charge >= 0.3 is 5.97 Å². The van der Waals surface area contributed by atoms with E-state index in [2.05, 4.69) is 100 Å². The molecule has 0 radical (unpaired) electrons. The number of fused-ring (bicyclic) bond motifs is 5. The fourth-order valence-electron chi connectivity index (χ4n) is 6.83. The molecule has 0 unspecified atom stereocenters. The molecule has 10 rings (SSSR count). The van der Waals surface area contributed by atoms with Crippen LogP contribution < -0.4 is 0 Å². The lowest BCUT2D eigenvalue weighted by Gasteiger charge is -1.99. The third-order valence-electron chi connectivity index (χ3n) is 9.86. The van der Waals surface area contributed by atoms with Crippen LogP contribution in [0.1, 0.15) is 108 Å². The van der Waals surface area contributed by atoms with Crippen LogP contribution in [0.2, 0.25) is 0 Å². The molecule has 0 amide bonds. The lowest BCUT2D eigenvalue weighted by atomic mass is 10.1. The van der Waals surface area contributed by atoms with Gasteiger partial charge in [-0.3, -0.25) is 14.4 Å². The van der Waals surface area contributed by atoms with Crippen LogP contribution in [-0.2, 0) is 27.2 Å². The second-order valence-electron chi connectivity index (χ2n) is 13.8. The van der Waals surface area contributed by atoms with Gasteiger partial charge in [0.25, 0.3) is 11.0 Å². The minimum absolute atomic E-state index is 0.201. The van der Waals surface area contributed by atoms with Crippen molar-refractivity contribution < 1.29 is 29.0 Å². The molecule has 5 aromatic heterocycles. The van der Waals surface area contributed by atoms with Crippen molar-refractivity contribution in [1.82, 2.24) is 24.9 Å². The molecular formula is C60H75BrClN5O6. The van der Waals surface area contributed by atoms with Crippen LogP contribution >= 0.6 is 27.5 Å². The average molecular weight is 1080 g/mol. The fourth-order valence-corrected chi connectivity index (χ4v) is 7.35. The SMILES string of the molecule is BrCCc1c[nH]c2ccccc12.CC.CC.CC.CC.CC.CCOC(=O)C(=O)c1c[nH]c2ccccc12.O=C(Cl)C(=O)c1c[nH]c2ccccc12.OCCc1c[nH]c2ccccc12.c1ccc2[nH]ccc2c1. The fraction of sp³-hybridized carbons (Fsp3) is 0.267. The lowest BCUT2D eigenvalue weighted by molar-refractivity contribution is -0.137. The van der Waals surface area contributed by atoms with E-state index in [4.69, 9.17) is 16.7 Å². The van der Waals surface area contributed by atoms with Crippen LogP contribution in [0.25, 0.3) is 54.5 Å².